The zero-order chi connectivity index (χ0) is 22.1. The second kappa shape index (κ2) is 11.1. The van der Waals surface area contributed by atoms with E-state index in [2.05, 4.69) is 10.6 Å². The molecule has 0 aliphatic rings. The Kier molecular flexibility index (Phi) is 8.49. The van der Waals surface area contributed by atoms with E-state index in [1.165, 1.54) is 7.11 Å². The first kappa shape index (κ1) is 23.0. The zero-order valence-corrected chi connectivity index (χ0v) is 17.7. The van der Waals surface area contributed by atoms with Crippen molar-refractivity contribution < 1.29 is 28.6 Å². The summed E-state index contributed by atoms with van der Waals surface area (Å²) < 4.78 is 15.4. The number of amides is 2. The Morgan fingerprint density at radius 2 is 1.80 bits per heavy atom. The fraction of sp³-hybridized carbons (Fsp3) is 0.286. The summed E-state index contributed by atoms with van der Waals surface area (Å²) in [5.41, 5.74) is 1.53. The van der Waals surface area contributed by atoms with E-state index in [0.717, 1.165) is 5.56 Å². The van der Waals surface area contributed by atoms with Crippen LogP contribution in [0, 0.1) is 6.92 Å². The fourth-order valence-electron chi connectivity index (χ4n) is 2.44. The number of carbonyl (C=O) groups excluding carboxylic acids is 3. The largest absolute Gasteiger partial charge is 0.495 e. The fourth-order valence-corrected chi connectivity index (χ4v) is 2.59. The first-order valence-corrected chi connectivity index (χ1v) is 9.52. The normalized spacial score (nSPS) is 10.1. The van der Waals surface area contributed by atoms with Gasteiger partial charge in [0.1, 0.15) is 18.0 Å². The molecule has 0 aliphatic heterocycles. The highest BCUT2D eigenvalue weighted by Crippen LogP contribution is 2.30. The Balaban J connectivity index is 1.79. The number of benzene rings is 2. The van der Waals surface area contributed by atoms with Gasteiger partial charge < -0.3 is 24.8 Å². The number of anilines is 1. The zero-order valence-electron chi connectivity index (χ0n) is 16.9. The molecule has 2 aromatic carbocycles. The van der Waals surface area contributed by atoms with Crippen LogP contribution >= 0.6 is 11.6 Å². The molecule has 2 amide bonds. The summed E-state index contributed by atoms with van der Waals surface area (Å²) in [5, 5.41) is 5.53. The summed E-state index contributed by atoms with van der Waals surface area (Å²) >= 11 is 6.03. The highest BCUT2D eigenvalue weighted by atomic mass is 35.5. The van der Waals surface area contributed by atoms with Gasteiger partial charge in [-0.25, -0.2) is 0 Å². The molecule has 9 heteroatoms. The van der Waals surface area contributed by atoms with Gasteiger partial charge in [-0.2, -0.15) is 0 Å². The maximum Gasteiger partial charge on any atom is 0.325 e. The summed E-state index contributed by atoms with van der Waals surface area (Å²) in [4.78, 5) is 35.9. The number of hydrogen-bond acceptors (Lipinski definition) is 6. The van der Waals surface area contributed by atoms with Gasteiger partial charge >= 0.3 is 5.97 Å². The highest BCUT2D eigenvalue weighted by Gasteiger charge is 2.14. The first-order valence-electron chi connectivity index (χ1n) is 9.14. The van der Waals surface area contributed by atoms with E-state index in [1.54, 1.807) is 43.3 Å². The summed E-state index contributed by atoms with van der Waals surface area (Å²) in [5.74, 6) is -0.717. The van der Waals surface area contributed by atoms with Gasteiger partial charge in [-0.15, -0.1) is 0 Å². The third kappa shape index (κ3) is 6.66. The smallest absolute Gasteiger partial charge is 0.325 e. The number of hydrogen-bond donors (Lipinski definition) is 2. The van der Waals surface area contributed by atoms with Crippen molar-refractivity contribution in [2.75, 3.05) is 32.2 Å². The van der Waals surface area contributed by atoms with Gasteiger partial charge in [-0.1, -0.05) is 11.6 Å². The Labute approximate surface area is 179 Å². The summed E-state index contributed by atoms with van der Waals surface area (Å²) in [6.45, 7) is 3.28. The minimum Gasteiger partial charge on any atom is -0.495 e. The standard InChI is InChI=1S/C21H23ClN2O6/c1-4-29-15-7-5-14(6-8-15)21(27)23-11-20(26)30-12-19(25)24-17-9-13(2)16(22)10-18(17)28-3/h5-10H,4,11-12H2,1-3H3,(H,23,27)(H,24,25). The number of methoxy groups -OCH3 is 1. The number of aryl methyl sites for hydroxylation is 1. The molecule has 0 heterocycles. The molecular weight excluding hydrogens is 412 g/mol. The molecule has 0 saturated heterocycles. The van der Waals surface area contributed by atoms with Gasteiger partial charge in [0.05, 0.1) is 19.4 Å². The average Bonchev–Trinajstić information content (AvgIpc) is 2.73. The second-order valence-electron chi connectivity index (χ2n) is 6.15. The third-order valence-electron chi connectivity index (χ3n) is 3.94. The predicted molar refractivity (Wildman–Crippen MR) is 112 cm³/mol. The first-order chi connectivity index (χ1) is 14.3. The molecule has 2 N–H and O–H groups in total. The Morgan fingerprint density at radius 1 is 1.10 bits per heavy atom. The maximum absolute atomic E-state index is 12.1. The highest BCUT2D eigenvalue weighted by molar-refractivity contribution is 6.31. The topological polar surface area (TPSA) is 103 Å². The van der Waals surface area contributed by atoms with Gasteiger partial charge in [0.2, 0.25) is 0 Å². The second-order valence-corrected chi connectivity index (χ2v) is 6.56. The van der Waals surface area contributed by atoms with Gasteiger partial charge in [0.15, 0.2) is 6.61 Å². The van der Waals surface area contributed by atoms with E-state index in [1.807, 2.05) is 6.92 Å². The van der Waals surface area contributed by atoms with Crippen molar-refractivity contribution in [3.8, 4) is 11.5 Å². The molecule has 0 fully saturated rings. The average molecular weight is 435 g/mol. The van der Waals surface area contributed by atoms with Crippen molar-refractivity contribution in [2.24, 2.45) is 0 Å². The van der Waals surface area contributed by atoms with E-state index in [-0.39, 0.29) is 6.54 Å². The SMILES string of the molecule is CCOc1ccc(C(=O)NCC(=O)OCC(=O)Nc2cc(C)c(Cl)cc2OC)cc1. The van der Waals surface area contributed by atoms with Crippen LogP contribution in [0.2, 0.25) is 5.02 Å². The molecule has 2 rings (SSSR count). The van der Waals surface area contributed by atoms with Crippen LogP contribution in [0.4, 0.5) is 5.69 Å². The van der Waals surface area contributed by atoms with E-state index in [9.17, 15) is 14.4 Å². The van der Waals surface area contributed by atoms with Crippen LogP contribution in [0.5, 0.6) is 11.5 Å². The molecule has 0 aliphatic carbocycles. The van der Waals surface area contributed by atoms with Crippen molar-refractivity contribution in [1.82, 2.24) is 5.32 Å². The lowest BCUT2D eigenvalue weighted by atomic mass is 10.2. The molecular formula is C21H23ClN2O6. The lowest BCUT2D eigenvalue weighted by molar-refractivity contribution is -0.146. The maximum atomic E-state index is 12.1. The number of nitrogens with one attached hydrogen (secondary N) is 2. The van der Waals surface area contributed by atoms with Gasteiger partial charge in [-0.3, -0.25) is 14.4 Å². The van der Waals surface area contributed by atoms with Crippen molar-refractivity contribution in [3.05, 3.63) is 52.5 Å². The monoisotopic (exact) mass is 434 g/mol. The van der Waals surface area contributed by atoms with E-state index >= 15 is 0 Å². The molecule has 2 aromatic rings. The molecule has 0 radical (unpaired) electrons. The summed E-state index contributed by atoms with van der Waals surface area (Å²) in [7, 11) is 1.45. The Bertz CT molecular complexity index is 914. The molecule has 8 nitrogen and oxygen atoms in total. The Morgan fingerprint density at radius 3 is 2.43 bits per heavy atom. The molecule has 0 aromatic heterocycles. The predicted octanol–water partition coefficient (Wildman–Crippen LogP) is 2.97. The minimum absolute atomic E-state index is 0.370. The number of carbonyl (C=O) groups is 3. The van der Waals surface area contributed by atoms with Crippen molar-refractivity contribution in [3.63, 3.8) is 0 Å². The van der Waals surface area contributed by atoms with Crippen LogP contribution in [-0.2, 0) is 14.3 Å². The molecule has 160 valence electrons. The van der Waals surface area contributed by atoms with Crippen molar-refractivity contribution in [2.45, 2.75) is 13.8 Å². The molecule has 0 unspecified atom stereocenters. The number of ether oxygens (including phenoxy) is 3. The van der Waals surface area contributed by atoms with Crippen molar-refractivity contribution in [1.29, 1.82) is 0 Å². The molecule has 0 atom stereocenters. The quantitative estimate of drug-likeness (QED) is 0.588. The van der Waals surface area contributed by atoms with Gasteiger partial charge in [-0.05, 0) is 49.7 Å². The molecule has 0 bridgehead atoms. The number of rotatable bonds is 9. The lowest BCUT2D eigenvalue weighted by Crippen LogP contribution is -2.32. The van der Waals surface area contributed by atoms with Crippen LogP contribution in [0.1, 0.15) is 22.8 Å². The van der Waals surface area contributed by atoms with E-state index in [4.69, 9.17) is 25.8 Å². The van der Waals surface area contributed by atoms with Crippen LogP contribution in [0.25, 0.3) is 0 Å². The number of esters is 1. The van der Waals surface area contributed by atoms with Crippen molar-refractivity contribution >= 4 is 35.1 Å². The molecule has 0 saturated carbocycles. The Hall–Kier alpha value is -3.26. The third-order valence-corrected chi connectivity index (χ3v) is 4.35. The lowest BCUT2D eigenvalue weighted by Gasteiger charge is -2.12. The van der Waals surface area contributed by atoms with E-state index in [0.29, 0.717) is 34.4 Å². The van der Waals surface area contributed by atoms with Crippen LogP contribution in [0.3, 0.4) is 0 Å². The molecule has 0 spiro atoms. The molecule has 30 heavy (non-hydrogen) atoms. The van der Waals surface area contributed by atoms with Crippen LogP contribution in [-0.4, -0.2) is 44.7 Å². The summed E-state index contributed by atoms with van der Waals surface area (Å²) in [6.07, 6.45) is 0. The van der Waals surface area contributed by atoms with Crippen LogP contribution in [0.15, 0.2) is 36.4 Å². The van der Waals surface area contributed by atoms with Gasteiger partial charge in [0.25, 0.3) is 11.8 Å². The minimum atomic E-state index is -0.747. The van der Waals surface area contributed by atoms with Crippen LogP contribution < -0.4 is 20.1 Å². The number of halogens is 1. The van der Waals surface area contributed by atoms with E-state index < -0.39 is 24.4 Å². The van der Waals surface area contributed by atoms with Gasteiger partial charge in [0, 0.05) is 16.7 Å². The summed E-state index contributed by atoms with van der Waals surface area (Å²) in [6, 6.07) is 9.72.